The average Bonchev–Trinajstić information content (AvgIpc) is 2.26. The number of nitrogens with zero attached hydrogens (tertiary/aromatic N) is 1. The molecule has 0 amide bonds. The van der Waals surface area contributed by atoms with Crippen molar-refractivity contribution in [2.75, 3.05) is 13.2 Å². The number of nitrogens with one attached hydrogen (secondary N) is 1. The molecule has 0 radical (unpaired) electrons. The fraction of sp³-hybridized carbons (Fsp3) is 0.929. The van der Waals surface area contributed by atoms with E-state index in [9.17, 15) is 5.11 Å². The first-order chi connectivity index (χ1) is 7.91. The van der Waals surface area contributed by atoms with Crippen molar-refractivity contribution >= 4 is 0 Å². The highest BCUT2D eigenvalue weighted by atomic mass is 16.3. The quantitative estimate of drug-likeness (QED) is 0.609. The summed E-state index contributed by atoms with van der Waals surface area (Å²) in [6, 6.07) is 2.54. The van der Waals surface area contributed by atoms with E-state index in [1.54, 1.807) is 0 Å². The summed E-state index contributed by atoms with van der Waals surface area (Å²) in [5.74, 6) is 0.608. The molecule has 0 rings (SSSR count). The lowest BCUT2D eigenvalue weighted by molar-refractivity contribution is 0.223. The van der Waals surface area contributed by atoms with Crippen LogP contribution in [0.4, 0.5) is 0 Å². The van der Waals surface area contributed by atoms with Crippen molar-refractivity contribution in [2.24, 2.45) is 11.3 Å². The summed E-state index contributed by atoms with van der Waals surface area (Å²) >= 11 is 0. The molecule has 2 N–H and O–H groups in total. The Morgan fingerprint density at radius 2 is 1.94 bits per heavy atom. The second-order valence-electron chi connectivity index (χ2n) is 5.92. The maximum Gasteiger partial charge on any atom is 0.0683 e. The van der Waals surface area contributed by atoms with E-state index < -0.39 is 0 Å². The fourth-order valence-electron chi connectivity index (χ4n) is 1.85. The molecule has 0 aromatic heterocycles. The molecule has 0 fully saturated rings. The maximum absolute atomic E-state index is 9.19. The Bertz CT molecular complexity index is 231. The van der Waals surface area contributed by atoms with Crippen LogP contribution in [0.3, 0.4) is 0 Å². The zero-order chi connectivity index (χ0) is 13.3. The number of rotatable bonds is 9. The fourth-order valence-corrected chi connectivity index (χ4v) is 1.85. The molecule has 0 bridgehead atoms. The average molecular weight is 240 g/mol. The Morgan fingerprint density at radius 3 is 2.41 bits per heavy atom. The van der Waals surface area contributed by atoms with Crippen molar-refractivity contribution in [1.82, 2.24) is 5.32 Å². The van der Waals surface area contributed by atoms with E-state index in [1.165, 1.54) is 0 Å². The molecule has 3 nitrogen and oxygen atoms in total. The van der Waals surface area contributed by atoms with Gasteiger partial charge in [0.05, 0.1) is 18.1 Å². The Labute approximate surface area is 106 Å². The molecular weight excluding hydrogens is 212 g/mol. The van der Waals surface area contributed by atoms with E-state index in [1.807, 2.05) is 13.8 Å². The van der Waals surface area contributed by atoms with Crippen molar-refractivity contribution < 1.29 is 5.11 Å². The number of hydrogen-bond acceptors (Lipinski definition) is 3. The molecule has 0 heterocycles. The summed E-state index contributed by atoms with van der Waals surface area (Å²) in [4.78, 5) is 0. The first kappa shape index (κ1) is 16.4. The summed E-state index contributed by atoms with van der Waals surface area (Å²) in [7, 11) is 0. The van der Waals surface area contributed by atoms with Crippen molar-refractivity contribution in [1.29, 1.82) is 5.26 Å². The summed E-state index contributed by atoms with van der Waals surface area (Å²) in [5.41, 5.74) is -0.200. The Hall–Kier alpha value is -0.590. The minimum absolute atomic E-state index is 0.200. The largest absolute Gasteiger partial charge is 0.395 e. The molecule has 0 aromatic rings. The van der Waals surface area contributed by atoms with Crippen molar-refractivity contribution in [2.45, 2.75) is 59.4 Å². The van der Waals surface area contributed by atoms with Crippen molar-refractivity contribution in [3.05, 3.63) is 0 Å². The van der Waals surface area contributed by atoms with Crippen LogP contribution < -0.4 is 5.32 Å². The zero-order valence-electron chi connectivity index (χ0n) is 11.8. The van der Waals surface area contributed by atoms with Crippen LogP contribution in [0.1, 0.15) is 53.4 Å². The third kappa shape index (κ3) is 9.14. The van der Waals surface area contributed by atoms with E-state index in [2.05, 4.69) is 25.2 Å². The molecule has 0 aromatic carbocycles. The number of nitriles is 1. The van der Waals surface area contributed by atoms with Gasteiger partial charge in [-0.25, -0.2) is 0 Å². The van der Waals surface area contributed by atoms with Crippen LogP contribution in [-0.4, -0.2) is 24.3 Å². The lowest BCUT2D eigenvalue weighted by atomic mass is 9.89. The zero-order valence-corrected chi connectivity index (χ0v) is 11.8. The van der Waals surface area contributed by atoms with Gasteiger partial charge in [-0.1, -0.05) is 20.3 Å². The van der Waals surface area contributed by atoms with Crippen LogP contribution in [-0.2, 0) is 0 Å². The Kier molecular flexibility index (Phi) is 8.20. The highest BCUT2D eigenvalue weighted by molar-refractivity contribution is 4.91. The van der Waals surface area contributed by atoms with Gasteiger partial charge >= 0.3 is 0 Å². The summed E-state index contributed by atoms with van der Waals surface area (Å²) in [6.07, 6.45) is 4.09. The van der Waals surface area contributed by atoms with Crippen molar-refractivity contribution in [3.8, 4) is 6.07 Å². The van der Waals surface area contributed by atoms with Crippen LogP contribution in [0.15, 0.2) is 0 Å². The third-order valence-corrected chi connectivity index (χ3v) is 2.94. The van der Waals surface area contributed by atoms with Crippen LogP contribution in [0, 0.1) is 22.7 Å². The molecule has 0 aliphatic carbocycles. The molecule has 0 aliphatic rings. The topological polar surface area (TPSA) is 56.0 Å². The summed E-state index contributed by atoms with van der Waals surface area (Å²) in [6.45, 7) is 9.44. The predicted molar refractivity (Wildman–Crippen MR) is 71.6 cm³/mol. The van der Waals surface area contributed by atoms with Gasteiger partial charge in [0, 0.05) is 6.04 Å². The highest BCUT2D eigenvalue weighted by Crippen LogP contribution is 2.21. The van der Waals surface area contributed by atoms with Gasteiger partial charge in [-0.15, -0.1) is 0 Å². The van der Waals surface area contributed by atoms with E-state index in [0.29, 0.717) is 5.92 Å². The molecule has 17 heavy (non-hydrogen) atoms. The highest BCUT2D eigenvalue weighted by Gasteiger charge is 2.15. The predicted octanol–water partition coefficient (Wildman–Crippen LogP) is 2.70. The number of hydrogen-bond donors (Lipinski definition) is 2. The van der Waals surface area contributed by atoms with Crippen LogP contribution in [0.2, 0.25) is 0 Å². The standard InChI is InChI=1S/C14H28N2O/c1-12(2)9-13(10-17)16-8-6-5-7-14(3,4)11-15/h12-13,16-17H,5-10H2,1-4H3. The molecular formula is C14H28N2O. The molecule has 0 saturated heterocycles. The van der Waals surface area contributed by atoms with E-state index in [-0.39, 0.29) is 18.1 Å². The SMILES string of the molecule is CC(C)CC(CO)NCCCCC(C)(C)C#N. The minimum atomic E-state index is -0.200. The minimum Gasteiger partial charge on any atom is -0.395 e. The molecule has 3 heteroatoms. The second kappa shape index (κ2) is 8.49. The molecule has 0 aliphatic heterocycles. The Balaban J connectivity index is 3.60. The van der Waals surface area contributed by atoms with Gasteiger partial charge in [0.25, 0.3) is 0 Å². The smallest absolute Gasteiger partial charge is 0.0683 e. The normalized spacial score (nSPS) is 13.7. The number of aliphatic hydroxyl groups excluding tert-OH is 1. The molecule has 0 saturated carbocycles. The lowest BCUT2D eigenvalue weighted by Crippen LogP contribution is -2.34. The molecule has 0 spiro atoms. The van der Waals surface area contributed by atoms with Crippen molar-refractivity contribution in [3.63, 3.8) is 0 Å². The maximum atomic E-state index is 9.19. The van der Waals surface area contributed by atoms with Crippen LogP contribution in [0.5, 0.6) is 0 Å². The third-order valence-electron chi connectivity index (χ3n) is 2.94. The van der Waals surface area contributed by atoms with Gasteiger partial charge < -0.3 is 10.4 Å². The first-order valence-corrected chi connectivity index (χ1v) is 6.67. The summed E-state index contributed by atoms with van der Waals surface area (Å²) in [5, 5.41) is 21.4. The summed E-state index contributed by atoms with van der Waals surface area (Å²) < 4.78 is 0. The first-order valence-electron chi connectivity index (χ1n) is 6.67. The van der Waals surface area contributed by atoms with Gasteiger partial charge in [-0.3, -0.25) is 0 Å². The van der Waals surface area contributed by atoms with Crippen LogP contribution >= 0.6 is 0 Å². The van der Waals surface area contributed by atoms with Gasteiger partial charge in [0.1, 0.15) is 0 Å². The van der Waals surface area contributed by atoms with E-state index >= 15 is 0 Å². The molecule has 100 valence electrons. The van der Waals surface area contributed by atoms with E-state index in [0.717, 1.165) is 32.2 Å². The second-order valence-corrected chi connectivity index (χ2v) is 5.92. The van der Waals surface area contributed by atoms with E-state index in [4.69, 9.17) is 5.26 Å². The molecule has 1 unspecified atom stereocenters. The monoisotopic (exact) mass is 240 g/mol. The number of unbranched alkanes of at least 4 members (excludes halogenated alkanes) is 1. The van der Waals surface area contributed by atoms with Crippen LogP contribution in [0.25, 0.3) is 0 Å². The number of aliphatic hydroxyl groups is 1. The van der Waals surface area contributed by atoms with Gasteiger partial charge in [-0.2, -0.15) is 5.26 Å². The molecule has 1 atom stereocenters. The van der Waals surface area contributed by atoms with Gasteiger partial charge in [0.15, 0.2) is 0 Å². The van der Waals surface area contributed by atoms with Gasteiger partial charge in [0.2, 0.25) is 0 Å². The lowest BCUT2D eigenvalue weighted by Gasteiger charge is -2.19. The van der Waals surface area contributed by atoms with Gasteiger partial charge in [-0.05, 0) is 45.6 Å². The Morgan fingerprint density at radius 1 is 1.29 bits per heavy atom.